The van der Waals surface area contributed by atoms with Gasteiger partial charge in [0.15, 0.2) is 0 Å². The fourth-order valence-corrected chi connectivity index (χ4v) is 1.72. The van der Waals surface area contributed by atoms with Crippen LogP contribution in [0, 0.1) is 12.7 Å². The highest BCUT2D eigenvalue weighted by Crippen LogP contribution is 2.11. The Kier molecular flexibility index (Phi) is 4.90. The lowest BCUT2D eigenvalue weighted by molar-refractivity contribution is 0.292. The van der Waals surface area contributed by atoms with E-state index in [2.05, 4.69) is 10.3 Å². The zero-order valence-electron chi connectivity index (χ0n) is 11.3. The van der Waals surface area contributed by atoms with E-state index in [9.17, 15) is 4.39 Å². The van der Waals surface area contributed by atoms with E-state index in [-0.39, 0.29) is 11.9 Å². The van der Waals surface area contributed by atoms with Crippen molar-refractivity contribution in [2.24, 2.45) is 5.73 Å². The van der Waals surface area contributed by atoms with Crippen molar-refractivity contribution in [3.05, 3.63) is 54.1 Å². The first-order valence-corrected chi connectivity index (χ1v) is 6.43. The molecule has 1 aromatic carbocycles. The van der Waals surface area contributed by atoms with Crippen LogP contribution in [0.25, 0.3) is 0 Å². The number of ether oxygens (including phenoxy) is 1. The molecule has 5 heteroatoms. The third kappa shape index (κ3) is 4.51. The number of halogens is 1. The lowest BCUT2D eigenvalue weighted by Crippen LogP contribution is -2.35. The van der Waals surface area contributed by atoms with Crippen LogP contribution >= 0.6 is 0 Å². The van der Waals surface area contributed by atoms with Gasteiger partial charge in [-0.25, -0.2) is 4.39 Å². The number of nitrogens with two attached hydrogens (primary N) is 1. The normalized spacial score (nSPS) is 11.9. The number of nitrogens with one attached hydrogen (secondary N) is 1. The molecular formula is C15H18FN3O. The van der Waals surface area contributed by atoms with E-state index in [1.165, 1.54) is 12.1 Å². The number of hydrogen-bond donors (Lipinski definition) is 2. The predicted molar refractivity (Wildman–Crippen MR) is 77.3 cm³/mol. The standard InChI is InChI=1S/C15H18FN3O/c1-11-5-15(9-18-7-11)20-10-13(17)8-19-14-4-2-3-12(16)6-14/h2-7,9,13,19H,8,10,17H2,1H3/t13-/m0/s1. The summed E-state index contributed by atoms with van der Waals surface area (Å²) in [6, 6.07) is 7.98. The van der Waals surface area contributed by atoms with Crippen LogP contribution in [0.15, 0.2) is 42.7 Å². The number of aryl methyl sites for hydroxylation is 1. The molecule has 0 spiro atoms. The maximum atomic E-state index is 13.0. The largest absolute Gasteiger partial charge is 0.490 e. The number of hydrogen-bond acceptors (Lipinski definition) is 4. The van der Waals surface area contributed by atoms with E-state index >= 15 is 0 Å². The number of rotatable bonds is 6. The maximum Gasteiger partial charge on any atom is 0.137 e. The first-order valence-electron chi connectivity index (χ1n) is 6.43. The van der Waals surface area contributed by atoms with Gasteiger partial charge in [-0.3, -0.25) is 4.98 Å². The molecular weight excluding hydrogens is 257 g/mol. The van der Waals surface area contributed by atoms with Crippen molar-refractivity contribution in [1.29, 1.82) is 0 Å². The summed E-state index contributed by atoms with van der Waals surface area (Å²) in [6.45, 7) is 2.82. The molecule has 0 bridgehead atoms. The minimum Gasteiger partial charge on any atom is -0.490 e. The number of aromatic nitrogens is 1. The molecule has 0 unspecified atom stereocenters. The first kappa shape index (κ1) is 14.3. The SMILES string of the molecule is Cc1cncc(OC[C@@H](N)CNc2cccc(F)c2)c1. The van der Waals surface area contributed by atoms with E-state index in [1.807, 2.05) is 13.0 Å². The Morgan fingerprint density at radius 1 is 1.35 bits per heavy atom. The van der Waals surface area contributed by atoms with Crippen LogP contribution in [0.3, 0.4) is 0 Å². The molecule has 1 heterocycles. The Morgan fingerprint density at radius 2 is 2.20 bits per heavy atom. The zero-order chi connectivity index (χ0) is 14.4. The van der Waals surface area contributed by atoms with Gasteiger partial charge in [0.25, 0.3) is 0 Å². The summed E-state index contributed by atoms with van der Waals surface area (Å²) >= 11 is 0. The van der Waals surface area contributed by atoms with Gasteiger partial charge in [-0.15, -0.1) is 0 Å². The molecule has 106 valence electrons. The minimum atomic E-state index is -0.273. The van der Waals surface area contributed by atoms with Crippen LogP contribution in [0.1, 0.15) is 5.56 Å². The van der Waals surface area contributed by atoms with Crippen molar-refractivity contribution in [2.45, 2.75) is 13.0 Å². The van der Waals surface area contributed by atoms with Crippen LogP contribution in [0.4, 0.5) is 10.1 Å². The van der Waals surface area contributed by atoms with Crippen LogP contribution < -0.4 is 15.8 Å². The van der Waals surface area contributed by atoms with Gasteiger partial charge in [-0.05, 0) is 36.8 Å². The molecule has 0 saturated heterocycles. The summed E-state index contributed by atoms with van der Waals surface area (Å²) in [7, 11) is 0. The van der Waals surface area contributed by atoms with E-state index in [0.717, 1.165) is 5.56 Å². The molecule has 1 aromatic heterocycles. The maximum absolute atomic E-state index is 13.0. The highest BCUT2D eigenvalue weighted by atomic mass is 19.1. The summed E-state index contributed by atoms with van der Waals surface area (Å²) in [5.41, 5.74) is 7.69. The summed E-state index contributed by atoms with van der Waals surface area (Å²) in [6.07, 6.45) is 3.41. The Morgan fingerprint density at radius 3 is 2.95 bits per heavy atom. The average molecular weight is 275 g/mol. The van der Waals surface area contributed by atoms with Crippen LogP contribution in [0.5, 0.6) is 5.75 Å². The highest BCUT2D eigenvalue weighted by molar-refractivity contribution is 5.43. The number of pyridine rings is 1. The Labute approximate surface area is 117 Å². The third-order valence-corrected chi connectivity index (χ3v) is 2.71. The second-order valence-corrected chi connectivity index (χ2v) is 4.66. The lowest BCUT2D eigenvalue weighted by Gasteiger charge is -2.15. The zero-order valence-corrected chi connectivity index (χ0v) is 11.3. The van der Waals surface area contributed by atoms with Gasteiger partial charge in [0.2, 0.25) is 0 Å². The average Bonchev–Trinajstić information content (AvgIpc) is 2.43. The van der Waals surface area contributed by atoms with Gasteiger partial charge >= 0.3 is 0 Å². The van der Waals surface area contributed by atoms with Crippen molar-refractivity contribution in [2.75, 3.05) is 18.5 Å². The molecule has 2 rings (SSSR count). The van der Waals surface area contributed by atoms with Gasteiger partial charge in [0.1, 0.15) is 18.2 Å². The monoisotopic (exact) mass is 275 g/mol. The van der Waals surface area contributed by atoms with Gasteiger partial charge in [0, 0.05) is 18.4 Å². The molecule has 1 atom stereocenters. The topological polar surface area (TPSA) is 60.2 Å². The Bertz CT molecular complexity index is 513. The quantitative estimate of drug-likeness (QED) is 0.849. The lowest BCUT2D eigenvalue weighted by atomic mass is 10.2. The molecule has 0 saturated carbocycles. The molecule has 0 aliphatic heterocycles. The highest BCUT2D eigenvalue weighted by Gasteiger charge is 2.04. The van der Waals surface area contributed by atoms with Crippen molar-refractivity contribution in [3.63, 3.8) is 0 Å². The summed E-state index contributed by atoms with van der Waals surface area (Å²) in [5.74, 6) is 0.428. The fourth-order valence-electron chi connectivity index (χ4n) is 1.72. The van der Waals surface area contributed by atoms with E-state index in [4.69, 9.17) is 10.5 Å². The van der Waals surface area contributed by atoms with Gasteiger partial charge < -0.3 is 15.8 Å². The van der Waals surface area contributed by atoms with Crippen LogP contribution in [0.2, 0.25) is 0 Å². The van der Waals surface area contributed by atoms with E-state index in [0.29, 0.717) is 24.6 Å². The van der Waals surface area contributed by atoms with E-state index < -0.39 is 0 Å². The number of anilines is 1. The van der Waals surface area contributed by atoms with E-state index in [1.54, 1.807) is 24.5 Å². The second-order valence-electron chi connectivity index (χ2n) is 4.66. The van der Waals surface area contributed by atoms with Crippen molar-refractivity contribution >= 4 is 5.69 Å². The molecule has 0 amide bonds. The van der Waals surface area contributed by atoms with Crippen LogP contribution in [-0.4, -0.2) is 24.2 Å². The van der Waals surface area contributed by atoms with Crippen LogP contribution in [-0.2, 0) is 0 Å². The summed E-state index contributed by atoms with van der Waals surface area (Å²) in [4.78, 5) is 4.04. The third-order valence-electron chi connectivity index (χ3n) is 2.71. The molecule has 0 aliphatic rings. The Balaban J connectivity index is 1.77. The molecule has 0 aliphatic carbocycles. The molecule has 3 N–H and O–H groups in total. The molecule has 0 radical (unpaired) electrons. The predicted octanol–water partition coefficient (Wildman–Crippen LogP) is 2.35. The van der Waals surface area contributed by atoms with Gasteiger partial charge in [-0.1, -0.05) is 6.07 Å². The summed E-state index contributed by atoms with van der Waals surface area (Å²) < 4.78 is 18.6. The first-order chi connectivity index (χ1) is 9.63. The molecule has 2 aromatic rings. The smallest absolute Gasteiger partial charge is 0.137 e. The minimum absolute atomic E-state index is 0.196. The Hall–Kier alpha value is -2.14. The van der Waals surface area contributed by atoms with Crippen molar-refractivity contribution in [3.8, 4) is 5.75 Å². The van der Waals surface area contributed by atoms with Gasteiger partial charge in [-0.2, -0.15) is 0 Å². The van der Waals surface area contributed by atoms with Crippen molar-refractivity contribution in [1.82, 2.24) is 4.98 Å². The van der Waals surface area contributed by atoms with Crippen molar-refractivity contribution < 1.29 is 9.13 Å². The fraction of sp³-hybridized carbons (Fsp3) is 0.267. The number of benzene rings is 1. The molecule has 4 nitrogen and oxygen atoms in total. The summed E-state index contributed by atoms with van der Waals surface area (Å²) in [5, 5.41) is 3.07. The number of nitrogens with zero attached hydrogens (tertiary/aromatic N) is 1. The molecule has 20 heavy (non-hydrogen) atoms. The molecule has 0 fully saturated rings. The second kappa shape index (κ2) is 6.86. The van der Waals surface area contributed by atoms with Gasteiger partial charge in [0.05, 0.1) is 12.2 Å².